The summed E-state index contributed by atoms with van der Waals surface area (Å²) in [7, 11) is 0. The Morgan fingerprint density at radius 1 is 0.857 bits per heavy atom. The van der Waals surface area contributed by atoms with Crippen molar-refractivity contribution in [3.63, 3.8) is 0 Å². The first-order chi connectivity index (χ1) is 9.96. The molecule has 2 nitrogen and oxygen atoms in total. The largest absolute Gasteiger partial charge is 0.348 e. The van der Waals surface area contributed by atoms with E-state index in [1.54, 1.807) is 6.08 Å². The van der Waals surface area contributed by atoms with Crippen molar-refractivity contribution in [2.24, 2.45) is 0 Å². The van der Waals surface area contributed by atoms with Gasteiger partial charge in [0.2, 0.25) is 5.91 Å². The monoisotopic (exact) mass is 279 g/mol. The van der Waals surface area contributed by atoms with Gasteiger partial charge in [-0.25, -0.2) is 0 Å². The summed E-state index contributed by atoms with van der Waals surface area (Å²) in [4.78, 5) is 12.2. The van der Waals surface area contributed by atoms with Gasteiger partial charge in [0.1, 0.15) is 0 Å². The third-order valence-electron chi connectivity index (χ3n) is 2.94. The predicted molar refractivity (Wildman–Crippen MR) is 87.9 cm³/mol. The number of hydrogen-bond acceptors (Lipinski definition) is 1. The van der Waals surface area contributed by atoms with Crippen LogP contribution in [-0.2, 0) is 4.79 Å². The second-order valence-electron chi connectivity index (χ2n) is 6.03. The van der Waals surface area contributed by atoms with Crippen LogP contribution in [0.1, 0.15) is 31.9 Å². The number of carbonyl (C=O) groups is 1. The molecular weight excluding hydrogens is 258 g/mol. The van der Waals surface area contributed by atoms with Crippen LogP contribution < -0.4 is 5.32 Å². The lowest BCUT2D eigenvalue weighted by atomic mass is 9.97. The molecule has 2 rings (SSSR count). The first-order valence-corrected chi connectivity index (χ1v) is 7.10. The molecular formula is C19H21NO. The van der Waals surface area contributed by atoms with E-state index in [0.717, 1.165) is 16.7 Å². The summed E-state index contributed by atoms with van der Waals surface area (Å²) < 4.78 is 0. The molecule has 1 amide bonds. The van der Waals surface area contributed by atoms with Gasteiger partial charge in [-0.1, -0.05) is 60.7 Å². The Bertz CT molecular complexity index is 580. The molecule has 0 saturated carbocycles. The topological polar surface area (TPSA) is 29.1 Å². The van der Waals surface area contributed by atoms with Gasteiger partial charge in [-0.3, -0.25) is 4.79 Å². The molecule has 2 heteroatoms. The van der Waals surface area contributed by atoms with E-state index in [1.807, 2.05) is 81.4 Å². The van der Waals surface area contributed by atoms with E-state index in [9.17, 15) is 4.79 Å². The second-order valence-corrected chi connectivity index (χ2v) is 6.03. The number of nitrogens with one attached hydrogen (secondary N) is 1. The standard InChI is InChI=1S/C19H21NO/c1-19(2,3)20-18(21)14-17(15-10-6-4-7-11-15)16-12-8-5-9-13-16/h4-14H,1-3H3,(H,20,21). The first kappa shape index (κ1) is 15.0. The summed E-state index contributed by atoms with van der Waals surface area (Å²) in [6.45, 7) is 5.93. The average Bonchev–Trinajstić information content (AvgIpc) is 2.45. The lowest BCUT2D eigenvalue weighted by Gasteiger charge is -2.19. The maximum absolute atomic E-state index is 12.2. The van der Waals surface area contributed by atoms with Crippen molar-refractivity contribution in [1.82, 2.24) is 5.32 Å². The number of hydrogen-bond donors (Lipinski definition) is 1. The highest BCUT2D eigenvalue weighted by Gasteiger charge is 2.13. The van der Waals surface area contributed by atoms with E-state index < -0.39 is 0 Å². The number of amides is 1. The zero-order valence-corrected chi connectivity index (χ0v) is 12.8. The third kappa shape index (κ3) is 4.60. The minimum atomic E-state index is -0.244. The summed E-state index contributed by atoms with van der Waals surface area (Å²) in [5, 5.41) is 2.97. The Labute approximate surface area is 126 Å². The summed E-state index contributed by atoms with van der Waals surface area (Å²) in [5.74, 6) is -0.0785. The van der Waals surface area contributed by atoms with Gasteiger partial charge in [-0.05, 0) is 37.5 Å². The van der Waals surface area contributed by atoms with Crippen LogP contribution in [0.15, 0.2) is 66.7 Å². The van der Waals surface area contributed by atoms with Crippen LogP contribution in [0.3, 0.4) is 0 Å². The molecule has 0 saturated heterocycles. The molecule has 0 fully saturated rings. The third-order valence-corrected chi connectivity index (χ3v) is 2.94. The van der Waals surface area contributed by atoms with Crippen molar-refractivity contribution in [3.05, 3.63) is 77.9 Å². The summed E-state index contributed by atoms with van der Waals surface area (Å²) in [6.07, 6.45) is 1.68. The Morgan fingerprint density at radius 3 is 1.67 bits per heavy atom. The smallest absolute Gasteiger partial charge is 0.245 e. The SMILES string of the molecule is CC(C)(C)NC(=O)C=C(c1ccccc1)c1ccccc1. The molecule has 0 radical (unpaired) electrons. The van der Waals surface area contributed by atoms with Gasteiger partial charge < -0.3 is 5.32 Å². The highest BCUT2D eigenvalue weighted by molar-refractivity contribution is 5.99. The molecule has 0 aromatic heterocycles. The van der Waals surface area contributed by atoms with Gasteiger partial charge >= 0.3 is 0 Å². The predicted octanol–water partition coefficient (Wildman–Crippen LogP) is 4.03. The summed E-state index contributed by atoms with van der Waals surface area (Å²) in [6, 6.07) is 19.9. The van der Waals surface area contributed by atoms with E-state index in [0.29, 0.717) is 0 Å². The average molecular weight is 279 g/mol. The highest BCUT2D eigenvalue weighted by atomic mass is 16.1. The Hall–Kier alpha value is -2.35. The van der Waals surface area contributed by atoms with Gasteiger partial charge in [-0.2, -0.15) is 0 Å². The fraction of sp³-hybridized carbons (Fsp3) is 0.211. The second kappa shape index (κ2) is 6.40. The van der Waals surface area contributed by atoms with Crippen LogP contribution in [0.25, 0.3) is 5.57 Å². The van der Waals surface area contributed by atoms with Gasteiger partial charge in [-0.15, -0.1) is 0 Å². The molecule has 2 aromatic carbocycles. The van der Waals surface area contributed by atoms with Crippen LogP contribution in [0, 0.1) is 0 Å². The van der Waals surface area contributed by atoms with Crippen LogP contribution in [0.5, 0.6) is 0 Å². The molecule has 0 bridgehead atoms. The molecule has 0 aliphatic carbocycles. The van der Waals surface area contributed by atoms with Gasteiger partial charge in [0.25, 0.3) is 0 Å². The molecule has 1 N–H and O–H groups in total. The Morgan fingerprint density at radius 2 is 1.29 bits per heavy atom. The van der Waals surface area contributed by atoms with Crippen molar-refractivity contribution >= 4 is 11.5 Å². The maximum Gasteiger partial charge on any atom is 0.245 e. The maximum atomic E-state index is 12.2. The van der Waals surface area contributed by atoms with E-state index in [1.165, 1.54) is 0 Å². The number of benzene rings is 2. The molecule has 0 spiro atoms. The fourth-order valence-corrected chi connectivity index (χ4v) is 2.11. The van der Waals surface area contributed by atoms with E-state index in [2.05, 4.69) is 5.32 Å². The zero-order chi connectivity index (χ0) is 15.3. The van der Waals surface area contributed by atoms with Crippen molar-refractivity contribution < 1.29 is 4.79 Å². The van der Waals surface area contributed by atoms with Crippen molar-refractivity contribution in [2.75, 3.05) is 0 Å². The lowest BCUT2D eigenvalue weighted by molar-refractivity contribution is -0.117. The van der Waals surface area contributed by atoms with Crippen molar-refractivity contribution in [3.8, 4) is 0 Å². The highest BCUT2D eigenvalue weighted by Crippen LogP contribution is 2.23. The quantitative estimate of drug-likeness (QED) is 0.844. The summed E-state index contributed by atoms with van der Waals surface area (Å²) >= 11 is 0. The molecule has 0 unspecified atom stereocenters. The van der Waals surface area contributed by atoms with E-state index in [4.69, 9.17) is 0 Å². The van der Waals surface area contributed by atoms with Gasteiger partial charge in [0.15, 0.2) is 0 Å². The van der Waals surface area contributed by atoms with Crippen LogP contribution >= 0.6 is 0 Å². The molecule has 0 aliphatic rings. The fourth-order valence-electron chi connectivity index (χ4n) is 2.11. The van der Waals surface area contributed by atoms with Crippen molar-refractivity contribution in [2.45, 2.75) is 26.3 Å². The molecule has 108 valence electrons. The lowest BCUT2D eigenvalue weighted by Crippen LogP contribution is -2.39. The first-order valence-electron chi connectivity index (χ1n) is 7.10. The summed E-state index contributed by atoms with van der Waals surface area (Å²) in [5.41, 5.74) is 2.75. The van der Waals surface area contributed by atoms with E-state index >= 15 is 0 Å². The molecule has 0 heterocycles. The zero-order valence-electron chi connectivity index (χ0n) is 12.8. The Kier molecular flexibility index (Phi) is 4.59. The van der Waals surface area contributed by atoms with Gasteiger partial charge in [0, 0.05) is 11.6 Å². The van der Waals surface area contributed by atoms with Crippen molar-refractivity contribution in [1.29, 1.82) is 0 Å². The minimum Gasteiger partial charge on any atom is -0.348 e. The molecule has 2 aromatic rings. The van der Waals surface area contributed by atoms with Crippen LogP contribution in [0.2, 0.25) is 0 Å². The normalized spacial score (nSPS) is 10.8. The molecule has 21 heavy (non-hydrogen) atoms. The molecule has 0 atom stereocenters. The van der Waals surface area contributed by atoms with Crippen LogP contribution in [0.4, 0.5) is 0 Å². The minimum absolute atomic E-state index is 0.0785. The number of carbonyl (C=O) groups excluding carboxylic acids is 1. The van der Waals surface area contributed by atoms with Gasteiger partial charge in [0.05, 0.1) is 0 Å². The molecule has 0 aliphatic heterocycles. The Balaban J connectivity index is 2.40. The number of rotatable bonds is 3. The van der Waals surface area contributed by atoms with Crippen LogP contribution in [-0.4, -0.2) is 11.4 Å². The van der Waals surface area contributed by atoms with E-state index in [-0.39, 0.29) is 11.4 Å².